The number of nitrogens with one attached hydrogen (secondary N) is 2. The molecule has 1 saturated heterocycles. The summed E-state index contributed by atoms with van der Waals surface area (Å²) in [6.07, 6.45) is 1.84. The van der Waals surface area contributed by atoms with Crippen molar-refractivity contribution in [2.75, 3.05) is 37.7 Å². The first-order valence-electron chi connectivity index (χ1n) is 9.90. The molecule has 0 aliphatic carbocycles. The summed E-state index contributed by atoms with van der Waals surface area (Å²) >= 11 is 1.69. The number of guanidine groups is 1. The van der Waals surface area contributed by atoms with Crippen LogP contribution in [0.5, 0.6) is 0 Å². The van der Waals surface area contributed by atoms with E-state index in [4.69, 9.17) is 9.73 Å². The van der Waals surface area contributed by atoms with Gasteiger partial charge in [0.2, 0.25) is 0 Å². The molecule has 0 saturated carbocycles. The molecule has 7 nitrogen and oxygen atoms in total. The Labute approximate surface area is 171 Å². The van der Waals surface area contributed by atoms with Crippen LogP contribution in [0.3, 0.4) is 0 Å². The number of ether oxygens (including phenoxy) is 1. The lowest BCUT2D eigenvalue weighted by Gasteiger charge is -2.29. The van der Waals surface area contributed by atoms with Gasteiger partial charge >= 0.3 is 0 Å². The van der Waals surface area contributed by atoms with Crippen LogP contribution < -0.4 is 15.5 Å². The van der Waals surface area contributed by atoms with Gasteiger partial charge < -0.3 is 20.3 Å². The second kappa shape index (κ2) is 10.4. The smallest absolute Gasteiger partial charge is 0.191 e. The van der Waals surface area contributed by atoms with Crippen LogP contribution in [0.1, 0.15) is 43.0 Å². The van der Waals surface area contributed by atoms with Crippen LogP contribution >= 0.6 is 11.3 Å². The van der Waals surface area contributed by atoms with Gasteiger partial charge in [0, 0.05) is 36.8 Å². The maximum absolute atomic E-state index is 5.46. The molecule has 0 amide bonds. The maximum Gasteiger partial charge on any atom is 0.191 e. The molecule has 3 heterocycles. The second-order valence-corrected chi connectivity index (χ2v) is 7.90. The number of aromatic nitrogens is 2. The van der Waals surface area contributed by atoms with E-state index in [0.29, 0.717) is 19.0 Å². The lowest BCUT2D eigenvalue weighted by atomic mass is 10.2. The predicted octanol–water partition coefficient (Wildman–Crippen LogP) is 2.75. The third kappa shape index (κ3) is 5.65. The molecule has 3 rings (SSSR count). The van der Waals surface area contributed by atoms with Crippen molar-refractivity contribution in [3.05, 3.63) is 40.0 Å². The zero-order valence-corrected chi connectivity index (χ0v) is 17.8. The van der Waals surface area contributed by atoms with Gasteiger partial charge in [-0.25, -0.2) is 15.0 Å². The highest BCUT2D eigenvalue weighted by atomic mass is 32.1. The topological polar surface area (TPSA) is 74.7 Å². The number of hydrogen-bond donors (Lipinski definition) is 2. The summed E-state index contributed by atoms with van der Waals surface area (Å²) in [6, 6.07) is 4.07. The van der Waals surface area contributed by atoms with Crippen LogP contribution in [0, 0.1) is 0 Å². The number of pyridine rings is 1. The quantitative estimate of drug-likeness (QED) is 0.548. The Morgan fingerprint density at radius 3 is 2.86 bits per heavy atom. The summed E-state index contributed by atoms with van der Waals surface area (Å²) in [5.74, 6) is 2.25. The Hall–Kier alpha value is -2.19. The maximum atomic E-state index is 5.46. The lowest BCUT2D eigenvalue weighted by Crippen LogP contribution is -2.38. The van der Waals surface area contributed by atoms with Gasteiger partial charge in [-0.3, -0.25) is 0 Å². The molecule has 2 aromatic rings. The monoisotopic (exact) mass is 402 g/mol. The molecule has 0 radical (unpaired) electrons. The molecular formula is C20H30N6OS. The largest absolute Gasteiger partial charge is 0.378 e. The summed E-state index contributed by atoms with van der Waals surface area (Å²) in [4.78, 5) is 16.3. The second-order valence-electron chi connectivity index (χ2n) is 6.96. The fourth-order valence-electron chi connectivity index (χ4n) is 2.95. The minimum atomic E-state index is 0.455. The van der Waals surface area contributed by atoms with Crippen molar-refractivity contribution in [2.45, 2.75) is 39.8 Å². The van der Waals surface area contributed by atoms with Crippen LogP contribution in [0.15, 0.2) is 28.7 Å². The highest BCUT2D eigenvalue weighted by Gasteiger charge is 2.15. The van der Waals surface area contributed by atoms with Crippen molar-refractivity contribution in [3.8, 4) is 0 Å². The fourth-order valence-corrected chi connectivity index (χ4v) is 3.85. The van der Waals surface area contributed by atoms with Gasteiger partial charge in [-0.2, -0.15) is 0 Å². The molecule has 2 aromatic heterocycles. The van der Waals surface area contributed by atoms with Gasteiger partial charge in [-0.15, -0.1) is 11.3 Å². The first-order valence-corrected chi connectivity index (χ1v) is 10.8. The molecule has 0 unspecified atom stereocenters. The van der Waals surface area contributed by atoms with E-state index in [1.165, 1.54) is 0 Å². The number of nitrogens with zero attached hydrogens (tertiary/aromatic N) is 4. The average Bonchev–Trinajstić information content (AvgIpc) is 3.20. The number of aliphatic imine (C=N–C) groups is 1. The Balaban J connectivity index is 1.65. The van der Waals surface area contributed by atoms with Gasteiger partial charge in [-0.1, -0.05) is 19.9 Å². The van der Waals surface area contributed by atoms with E-state index in [-0.39, 0.29) is 0 Å². The molecule has 0 aromatic carbocycles. The van der Waals surface area contributed by atoms with Gasteiger partial charge in [0.1, 0.15) is 10.8 Å². The lowest BCUT2D eigenvalue weighted by molar-refractivity contribution is 0.122. The van der Waals surface area contributed by atoms with Gasteiger partial charge in [0.25, 0.3) is 0 Å². The van der Waals surface area contributed by atoms with Crippen LogP contribution in [-0.4, -0.2) is 48.8 Å². The van der Waals surface area contributed by atoms with E-state index < -0.39 is 0 Å². The highest BCUT2D eigenvalue weighted by molar-refractivity contribution is 7.09. The molecule has 0 bridgehead atoms. The van der Waals surface area contributed by atoms with Gasteiger partial charge in [-0.05, 0) is 18.9 Å². The van der Waals surface area contributed by atoms with E-state index in [1.807, 2.05) is 12.3 Å². The van der Waals surface area contributed by atoms with Crippen molar-refractivity contribution in [1.29, 1.82) is 0 Å². The number of rotatable bonds is 7. The summed E-state index contributed by atoms with van der Waals surface area (Å²) < 4.78 is 5.46. The molecule has 0 spiro atoms. The number of anilines is 1. The predicted molar refractivity (Wildman–Crippen MR) is 115 cm³/mol. The molecule has 0 atom stereocenters. The molecule has 152 valence electrons. The van der Waals surface area contributed by atoms with Crippen molar-refractivity contribution in [1.82, 2.24) is 20.6 Å². The van der Waals surface area contributed by atoms with Crippen LogP contribution in [0.4, 0.5) is 5.82 Å². The van der Waals surface area contributed by atoms with Crippen LogP contribution in [0.2, 0.25) is 0 Å². The van der Waals surface area contributed by atoms with E-state index in [1.54, 1.807) is 11.3 Å². The Morgan fingerprint density at radius 2 is 2.14 bits per heavy atom. The number of morpholine rings is 1. The summed E-state index contributed by atoms with van der Waals surface area (Å²) in [5.41, 5.74) is 2.27. The zero-order valence-electron chi connectivity index (χ0n) is 16.9. The number of thiazole rings is 1. The van der Waals surface area contributed by atoms with E-state index in [2.05, 4.69) is 57.7 Å². The first kappa shape index (κ1) is 20.5. The van der Waals surface area contributed by atoms with Crippen molar-refractivity contribution < 1.29 is 4.74 Å². The molecular weight excluding hydrogens is 372 g/mol. The summed E-state index contributed by atoms with van der Waals surface area (Å²) in [6.45, 7) is 11.7. The summed E-state index contributed by atoms with van der Waals surface area (Å²) in [5, 5.41) is 9.91. The Kier molecular flexibility index (Phi) is 7.62. The molecule has 2 N–H and O–H groups in total. The standard InChI is InChI=1S/C20H30N6OS/c1-4-21-20(24-13-18-25-17(14-28-18)15(2)3)23-12-16-6-5-7-22-19(16)26-8-10-27-11-9-26/h5-7,14-15H,4,8-13H2,1-3H3,(H2,21,23,24). The van der Waals surface area contributed by atoms with Crippen LogP contribution in [-0.2, 0) is 17.8 Å². The van der Waals surface area contributed by atoms with Gasteiger partial charge in [0.05, 0.1) is 32.0 Å². The van der Waals surface area contributed by atoms with Crippen molar-refractivity contribution >= 4 is 23.1 Å². The number of hydrogen-bond acceptors (Lipinski definition) is 6. The van der Waals surface area contributed by atoms with E-state index in [0.717, 1.165) is 60.9 Å². The van der Waals surface area contributed by atoms with E-state index >= 15 is 0 Å². The Morgan fingerprint density at radius 1 is 1.32 bits per heavy atom. The first-order chi connectivity index (χ1) is 13.7. The molecule has 1 fully saturated rings. The SMILES string of the molecule is CCNC(=NCc1cccnc1N1CCOCC1)NCc1nc(C(C)C)cs1. The highest BCUT2D eigenvalue weighted by Crippen LogP contribution is 2.19. The zero-order chi connectivity index (χ0) is 19.8. The molecule has 1 aliphatic heterocycles. The van der Waals surface area contributed by atoms with Gasteiger partial charge in [0.15, 0.2) is 5.96 Å². The van der Waals surface area contributed by atoms with E-state index in [9.17, 15) is 0 Å². The minimum absolute atomic E-state index is 0.455. The third-order valence-corrected chi connectivity index (χ3v) is 5.37. The van der Waals surface area contributed by atoms with Crippen molar-refractivity contribution in [2.24, 2.45) is 4.99 Å². The molecule has 1 aliphatic rings. The van der Waals surface area contributed by atoms with Crippen LogP contribution in [0.25, 0.3) is 0 Å². The fraction of sp³-hybridized carbons (Fsp3) is 0.550. The Bertz CT molecular complexity index is 770. The molecule has 28 heavy (non-hydrogen) atoms. The molecule has 8 heteroatoms. The summed E-state index contributed by atoms with van der Waals surface area (Å²) in [7, 11) is 0. The minimum Gasteiger partial charge on any atom is -0.378 e. The normalized spacial score (nSPS) is 15.1. The third-order valence-electron chi connectivity index (χ3n) is 4.50. The average molecular weight is 403 g/mol. The van der Waals surface area contributed by atoms with Crippen molar-refractivity contribution in [3.63, 3.8) is 0 Å².